The van der Waals surface area contributed by atoms with Gasteiger partial charge in [-0.3, -0.25) is 9.59 Å². The van der Waals surface area contributed by atoms with Crippen molar-refractivity contribution in [3.8, 4) is 0 Å². The van der Waals surface area contributed by atoms with E-state index < -0.39 is 0 Å². The third-order valence-corrected chi connectivity index (χ3v) is 3.70. The fourth-order valence-electron chi connectivity index (χ4n) is 1.87. The molecule has 0 saturated carbocycles. The maximum absolute atomic E-state index is 12.1. The predicted molar refractivity (Wildman–Crippen MR) is 62.6 cm³/mol. The fourth-order valence-corrected chi connectivity index (χ4v) is 2.94. The Bertz CT molecular complexity index is 628. The van der Waals surface area contributed by atoms with E-state index in [0.717, 1.165) is 0 Å². The van der Waals surface area contributed by atoms with Crippen LogP contribution in [0.1, 0.15) is 31.8 Å². The number of thiophene rings is 1. The van der Waals surface area contributed by atoms with E-state index in [1.165, 1.54) is 11.3 Å². The van der Waals surface area contributed by atoms with Gasteiger partial charge in [-0.25, -0.2) is 0 Å². The fraction of sp³-hybridized carbons (Fsp3) is 0. The lowest BCUT2D eigenvalue weighted by molar-refractivity contribution is 0.0980. The van der Waals surface area contributed by atoms with Crippen molar-refractivity contribution in [2.45, 2.75) is 0 Å². The molecule has 0 radical (unpaired) electrons. The third kappa shape index (κ3) is 1.13. The van der Waals surface area contributed by atoms with E-state index >= 15 is 0 Å². The van der Waals surface area contributed by atoms with Crippen LogP contribution in [0.2, 0.25) is 5.02 Å². The summed E-state index contributed by atoms with van der Waals surface area (Å²) in [7, 11) is 0. The Labute approximate surface area is 100 Å². The van der Waals surface area contributed by atoms with Crippen molar-refractivity contribution >= 4 is 34.5 Å². The molecule has 4 heteroatoms. The van der Waals surface area contributed by atoms with Gasteiger partial charge in [0, 0.05) is 27.5 Å². The Hall–Kier alpha value is -1.45. The number of hydrogen-bond donors (Lipinski definition) is 0. The van der Waals surface area contributed by atoms with Crippen LogP contribution in [0.25, 0.3) is 0 Å². The second-order valence-electron chi connectivity index (χ2n) is 3.52. The van der Waals surface area contributed by atoms with E-state index in [0.29, 0.717) is 27.3 Å². The van der Waals surface area contributed by atoms with Crippen LogP contribution in [0, 0.1) is 0 Å². The van der Waals surface area contributed by atoms with E-state index in [9.17, 15) is 9.59 Å². The summed E-state index contributed by atoms with van der Waals surface area (Å²) in [6, 6.07) is 4.95. The SMILES string of the molecule is O=C1c2cscc2C(=O)c2c(Cl)cccc21. The largest absolute Gasteiger partial charge is 0.289 e. The zero-order valence-electron chi connectivity index (χ0n) is 7.99. The van der Waals surface area contributed by atoms with Gasteiger partial charge in [-0.05, 0) is 6.07 Å². The van der Waals surface area contributed by atoms with Crippen molar-refractivity contribution in [1.29, 1.82) is 0 Å². The Morgan fingerprint density at radius 2 is 1.62 bits per heavy atom. The van der Waals surface area contributed by atoms with E-state index in [1.54, 1.807) is 29.0 Å². The van der Waals surface area contributed by atoms with Crippen molar-refractivity contribution < 1.29 is 9.59 Å². The molecule has 1 aliphatic carbocycles. The van der Waals surface area contributed by atoms with Crippen molar-refractivity contribution in [3.63, 3.8) is 0 Å². The van der Waals surface area contributed by atoms with Crippen LogP contribution in [-0.2, 0) is 0 Å². The molecule has 1 aliphatic rings. The number of carbonyl (C=O) groups excluding carboxylic acids is 2. The highest BCUT2D eigenvalue weighted by molar-refractivity contribution is 7.08. The van der Waals surface area contributed by atoms with Crippen LogP contribution in [0.3, 0.4) is 0 Å². The highest BCUT2D eigenvalue weighted by atomic mass is 35.5. The van der Waals surface area contributed by atoms with Crippen molar-refractivity contribution in [1.82, 2.24) is 0 Å². The first kappa shape index (κ1) is 9.75. The minimum atomic E-state index is -0.156. The summed E-state index contributed by atoms with van der Waals surface area (Å²) in [5.74, 6) is -0.273. The van der Waals surface area contributed by atoms with Gasteiger partial charge in [-0.1, -0.05) is 23.7 Å². The topological polar surface area (TPSA) is 34.1 Å². The van der Waals surface area contributed by atoms with Crippen LogP contribution < -0.4 is 0 Å². The second kappa shape index (κ2) is 3.27. The first-order valence-corrected chi connectivity index (χ1v) is 5.96. The number of halogens is 1. The molecule has 1 heterocycles. The Balaban J connectivity index is 2.38. The van der Waals surface area contributed by atoms with E-state index in [1.807, 2.05) is 0 Å². The molecule has 0 bridgehead atoms. The molecule has 0 unspecified atom stereocenters. The summed E-state index contributed by atoms with van der Waals surface area (Å²) < 4.78 is 0. The van der Waals surface area contributed by atoms with Crippen molar-refractivity contribution in [2.75, 3.05) is 0 Å². The van der Waals surface area contributed by atoms with Gasteiger partial charge in [0.15, 0.2) is 11.6 Å². The lowest BCUT2D eigenvalue weighted by Crippen LogP contribution is -2.19. The molecule has 16 heavy (non-hydrogen) atoms. The molecule has 0 amide bonds. The Morgan fingerprint density at radius 1 is 0.938 bits per heavy atom. The molecule has 0 spiro atoms. The smallest absolute Gasteiger partial charge is 0.196 e. The van der Waals surface area contributed by atoms with Crippen LogP contribution >= 0.6 is 22.9 Å². The number of rotatable bonds is 0. The maximum Gasteiger partial charge on any atom is 0.196 e. The number of fused-ring (bicyclic) bond motifs is 2. The number of benzene rings is 1. The van der Waals surface area contributed by atoms with Gasteiger partial charge in [0.1, 0.15) is 0 Å². The zero-order valence-corrected chi connectivity index (χ0v) is 9.56. The van der Waals surface area contributed by atoms with Crippen molar-refractivity contribution in [3.05, 3.63) is 56.2 Å². The second-order valence-corrected chi connectivity index (χ2v) is 4.67. The molecule has 78 valence electrons. The van der Waals surface area contributed by atoms with Gasteiger partial charge in [0.05, 0.1) is 10.6 Å². The van der Waals surface area contributed by atoms with Gasteiger partial charge in [0.25, 0.3) is 0 Å². The summed E-state index contributed by atoms with van der Waals surface area (Å²) in [4.78, 5) is 24.2. The lowest BCUT2D eigenvalue weighted by Gasteiger charge is -2.14. The van der Waals surface area contributed by atoms with E-state index in [2.05, 4.69) is 0 Å². The van der Waals surface area contributed by atoms with E-state index in [4.69, 9.17) is 11.6 Å². The summed E-state index contributed by atoms with van der Waals surface area (Å²) >= 11 is 7.32. The lowest BCUT2D eigenvalue weighted by atomic mass is 9.87. The third-order valence-electron chi connectivity index (χ3n) is 2.64. The monoisotopic (exact) mass is 248 g/mol. The first-order valence-electron chi connectivity index (χ1n) is 4.64. The van der Waals surface area contributed by atoms with Crippen LogP contribution in [0.5, 0.6) is 0 Å². The molecular weight excluding hydrogens is 244 g/mol. The summed E-state index contributed by atoms with van der Waals surface area (Å²) in [6.45, 7) is 0. The van der Waals surface area contributed by atoms with Crippen LogP contribution in [-0.4, -0.2) is 11.6 Å². The molecule has 0 aliphatic heterocycles. The molecule has 3 rings (SSSR count). The van der Waals surface area contributed by atoms with Crippen molar-refractivity contribution in [2.24, 2.45) is 0 Å². The van der Waals surface area contributed by atoms with Gasteiger partial charge in [-0.15, -0.1) is 0 Å². The Morgan fingerprint density at radius 3 is 2.38 bits per heavy atom. The molecule has 2 aromatic rings. The number of carbonyl (C=O) groups is 2. The number of ketones is 2. The summed E-state index contributed by atoms with van der Waals surface area (Å²) in [5, 5.41) is 3.74. The molecule has 1 aromatic heterocycles. The molecular formula is C12H5ClO2S. The molecule has 2 nitrogen and oxygen atoms in total. The van der Waals surface area contributed by atoms with Crippen LogP contribution in [0.15, 0.2) is 29.0 Å². The standard InChI is InChI=1S/C12H5ClO2S/c13-9-3-1-2-6-10(9)12(15)8-5-16-4-7(8)11(6)14/h1-5H. The minimum absolute atomic E-state index is 0.117. The normalized spacial score (nSPS) is 13.6. The van der Waals surface area contributed by atoms with Gasteiger partial charge in [-0.2, -0.15) is 11.3 Å². The summed E-state index contributed by atoms with van der Waals surface area (Å²) in [6.07, 6.45) is 0. The first-order chi connectivity index (χ1) is 7.70. The highest BCUT2D eigenvalue weighted by Gasteiger charge is 2.31. The average molecular weight is 249 g/mol. The quantitative estimate of drug-likeness (QED) is 0.612. The number of hydrogen-bond acceptors (Lipinski definition) is 3. The highest BCUT2D eigenvalue weighted by Crippen LogP contribution is 2.33. The van der Waals surface area contributed by atoms with E-state index in [-0.39, 0.29) is 11.6 Å². The van der Waals surface area contributed by atoms with Gasteiger partial charge in [0.2, 0.25) is 0 Å². The van der Waals surface area contributed by atoms with Gasteiger partial charge < -0.3 is 0 Å². The molecule has 0 N–H and O–H groups in total. The average Bonchev–Trinajstić information content (AvgIpc) is 2.75. The molecule has 0 fully saturated rings. The molecule has 0 saturated heterocycles. The molecule has 0 atom stereocenters. The zero-order chi connectivity index (χ0) is 11.3. The van der Waals surface area contributed by atoms with Gasteiger partial charge >= 0.3 is 0 Å². The van der Waals surface area contributed by atoms with Crippen LogP contribution in [0.4, 0.5) is 0 Å². The Kier molecular flexibility index (Phi) is 1.99. The maximum atomic E-state index is 12.1. The predicted octanol–water partition coefficient (Wildman–Crippen LogP) is 3.18. The summed E-state index contributed by atoms with van der Waals surface area (Å²) in [5.41, 5.74) is 1.70. The minimum Gasteiger partial charge on any atom is -0.289 e. The molecule has 1 aromatic carbocycles.